The molecule has 0 saturated carbocycles. The molecule has 0 saturated heterocycles. The van der Waals surface area contributed by atoms with Gasteiger partial charge in [-0.15, -0.1) is 0 Å². The van der Waals surface area contributed by atoms with E-state index in [1.165, 1.54) is 0 Å². The van der Waals surface area contributed by atoms with E-state index in [-0.39, 0.29) is 0 Å². The van der Waals surface area contributed by atoms with Crippen molar-refractivity contribution in [2.75, 3.05) is 0 Å². The van der Waals surface area contributed by atoms with Gasteiger partial charge in [0.1, 0.15) is 5.82 Å². The largest absolute Gasteiger partial charge is 0.324 e. The first kappa shape index (κ1) is 12.7. The molecule has 0 aliphatic rings. The van der Waals surface area contributed by atoms with Crippen LogP contribution in [0.1, 0.15) is 12.5 Å². The predicted molar refractivity (Wildman–Crippen MR) is 80.6 cm³/mol. The summed E-state index contributed by atoms with van der Waals surface area (Å²) in [5, 5.41) is 9.66. The maximum absolute atomic E-state index is 8.99. The molecule has 0 atom stereocenters. The fourth-order valence-electron chi connectivity index (χ4n) is 2.37. The summed E-state index contributed by atoms with van der Waals surface area (Å²) in [5.74, 6) is 0.836. The minimum Gasteiger partial charge on any atom is -0.324 e. The number of hydrogen-bond donors (Lipinski definition) is 0. The average Bonchev–Trinajstić information content (AvgIpc) is 2.84. The van der Waals surface area contributed by atoms with Crippen LogP contribution in [0.25, 0.3) is 22.4 Å². The van der Waals surface area contributed by atoms with E-state index in [1.54, 1.807) is 0 Å². The molecule has 0 N–H and O–H groups in total. The van der Waals surface area contributed by atoms with Crippen molar-refractivity contribution in [1.29, 1.82) is 5.26 Å². The van der Waals surface area contributed by atoms with Gasteiger partial charge in [-0.05, 0) is 37.3 Å². The Kier molecular flexibility index (Phi) is 3.17. The fraction of sp³-hybridized carbons (Fsp3) is 0.125. The van der Waals surface area contributed by atoms with Gasteiger partial charge in [0.15, 0.2) is 0 Å². The third-order valence-corrected chi connectivity index (χ3v) is 3.64. The molecule has 1 heterocycles. The van der Waals surface area contributed by atoms with Crippen LogP contribution < -0.4 is 0 Å². The molecule has 0 unspecified atom stereocenters. The Balaban J connectivity index is 2.31. The lowest BCUT2D eigenvalue weighted by atomic mass is 10.2. The van der Waals surface area contributed by atoms with E-state index in [0.717, 1.165) is 29.0 Å². The molecule has 20 heavy (non-hydrogen) atoms. The van der Waals surface area contributed by atoms with Crippen LogP contribution in [0.4, 0.5) is 0 Å². The van der Waals surface area contributed by atoms with Gasteiger partial charge in [0.2, 0.25) is 0 Å². The second kappa shape index (κ2) is 4.99. The third kappa shape index (κ3) is 1.95. The smallest absolute Gasteiger partial charge is 0.142 e. The highest BCUT2D eigenvalue weighted by Crippen LogP contribution is 2.30. The van der Waals surface area contributed by atoms with Gasteiger partial charge in [0.05, 0.1) is 27.7 Å². The summed E-state index contributed by atoms with van der Waals surface area (Å²) in [6.45, 7) is 2.86. The van der Waals surface area contributed by atoms with Crippen LogP contribution in [-0.2, 0) is 6.54 Å². The van der Waals surface area contributed by atoms with E-state index < -0.39 is 0 Å². The Morgan fingerprint density at radius 3 is 2.75 bits per heavy atom. The Hall–Kier alpha value is -2.31. The lowest BCUT2D eigenvalue weighted by Crippen LogP contribution is -1.97. The quantitative estimate of drug-likeness (QED) is 0.705. The van der Waals surface area contributed by atoms with Gasteiger partial charge < -0.3 is 4.57 Å². The van der Waals surface area contributed by atoms with Gasteiger partial charge in [-0.3, -0.25) is 0 Å². The maximum atomic E-state index is 8.99. The SMILES string of the molecule is CCn1c(-c2ccccc2Cl)nc2cc(C#N)ccc21. The number of nitriles is 1. The van der Waals surface area contributed by atoms with E-state index in [1.807, 2.05) is 42.5 Å². The minimum atomic E-state index is 0.615. The van der Waals surface area contributed by atoms with E-state index in [9.17, 15) is 0 Å². The molecule has 0 amide bonds. The molecule has 0 radical (unpaired) electrons. The third-order valence-electron chi connectivity index (χ3n) is 3.31. The number of benzene rings is 2. The highest BCUT2D eigenvalue weighted by Gasteiger charge is 2.13. The molecule has 0 fully saturated rings. The first-order chi connectivity index (χ1) is 9.74. The number of aryl methyl sites for hydroxylation is 1. The summed E-state index contributed by atoms with van der Waals surface area (Å²) in [5.41, 5.74) is 3.36. The Morgan fingerprint density at radius 2 is 2.05 bits per heavy atom. The highest BCUT2D eigenvalue weighted by atomic mass is 35.5. The van der Waals surface area contributed by atoms with Crippen molar-refractivity contribution in [3.8, 4) is 17.5 Å². The highest BCUT2D eigenvalue weighted by molar-refractivity contribution is 6.33. The van der Waals surface area contributed by atoms with Crippen molar-refractivity contribution < 1.29 is 0 Å². The van der Waals surface area contributed by atoms with Crippen molar-refractivity contribution in [3.05, 3.63) is 53.1 Å². The number of halogens is 1. The standard InChI is InChI=1S/C16H12ClN3/c1-2-20-15-8-7-11(10-18)9-14(15)19-16(20)12-5-3-4-6-13(12)17/h3-9H,2H2,1H3. The molecular formula is C16H12ClN3. The summed E-state index contributed by atoms with van der Waals surface area (Å²) >= 11 is 6.27. The molecule has 4 heteroatoms. The molecule has 0 bridgehead atoms. The zero-order chi connectivity index (χ0) is 14.1. The molecule has 0 aliphatic heterocycles. The van der Waals surface area contributed by atoms with E-state index >= 15 is 0 Å². The molecule has 0 spiro atoms. The summed E-state index contributed by atoms with van der Waals surface area (Å²) in [6.07, 6.45) is 0. The number of fused-ring (bicyclic) bond motifs is 1. The van der Waals surface area contributed by atoms with Crippen molar-refractivity contribution >= 4 is 22.6 Å². The number of hydrogen-bond acceptors (Lipinski definition) is 2. The minimum absolute atomic E-state index is 0.615. The second-order valence-electron chi connectivity index (χ2n) is 4.47. The molecule has 98 valence electrons. The number of aromatic nitrogens is 2. The lowest BCUT2D eigenvalue weighted by molar-refractivity contribution is 0.796. The summed E-state index contributed by atoms with van der Waals surface area (Å²) < 4.78 is 2.11. The predicted octanol–water partition coefficient (Wildman–Crippen LogP) is 4.25. The summed E-state index contributed by atoms with van der Waals surface area (Å²) in [6, 6.07) is 15.4. The van der Waals surface area contributed by atoms with Gasteiger partial charge in [-0.2, -0.15) is 5.26 Å². The van der Waals surface area contributed by atoms with Gasteiger partial charge in [-0.25, -0.2) is 4.98 Å². The first-order valence-corrected chi connectivity index (χ1v) is 6.77. The normalized spacial score (nSPS) is 10.7. The zero-order valence-corrected chi connectivity index (χ0v) is 11.7. The van der Waals surface area contributed by atoms with Crippen molar-refractivity contribution in [2.45, 2.75) is 13.5 Å². The molecule has 3 nitrogen and oxygen atoms in total. The Labute approximate surface area is 122 Å². The van der Waals surface area contributed by atoms with Crippen molar-refractivity contribution in [1.82, 2.24) is 9.55 Å². The first-order valence-electron chi connectivity index (χ1n) is 6.40. The maximum Gasteiger partial charge on any atom is 0.142 e. The van der Waals surface area contributed by atoms with Crippen LogP contribution >= 0.6 is 11.6 Å². The van der Waals surface area contributed by atoms with E-state index in [0.29, 0.717) is 10.6 Å². The fourth-order valence-corrected chi connectivity index (χ4v) is 2.59. The number of imidazole rings is 1. The molecule has 1 aromatic heterocycles. The number of nitrogens with zero attached hydrogens (tertiary/aromatic N) is 3. The molecule has 3 aromatic rings. The molecule has 2 aromatic carbocycles. The van der Waals surface area contributed by atoms with Crippen LogP contribution in [-0.4, -0.2) is 9.55 Å². The van der Waals surface area contributed by atoms with Crippen molar-refractivity contribution in [2.24, 2.45) is 0 Å². The van der Waals surface area contributed by atoms with E-state index in [4.69, 9.17) is 16.9 Å². The Morgan fingerprint density at radius 1 is 1.25 bits per heavy atom. The van der Waals surface area contributed by atoms with Gasteiger partial charge in [0, 0.05) is 12.1 Å². The van der Waals surface area contributed by atoms with Crippen LogP contribution in [0, 0.1) is 11.3 Å². The zero-order valence-electron chi connectivity index (χ0n) is 11.0. The van der Waals surface area contributed by atoms with Crippen LogP contribution in [0.15, 0.2) is 42.5 Å². The van der Waals surface area contributed by atoms with Gasteiger partial charge >= 0.3 is 0 Å². The van der Waals surface area contributed by atoms with Crippen molar-refractivity contribution in [3.63, 3.8) is 0 Å². The molecule has 3 rings (SSSR count). The lowest BCUT2D eigenvalue weighted by Gasteiger charge is -2.07. The summed E-state index contributed by atoms with van der Waals surface area (Å²) in [4.78, 5) is 4.65. The van der Waals surface area contributed by atoms with Crippen LogP contribution in [0.3, 0.4) is 0 Å². The number of rotatable bonds is 2. The van der Waals surface area contributed by atoms with Crippen LogP contribution in [0.2, 0.25) is 5.02 Å². The van der Waals surface area contributed by atoms with E-state index in [2.05, 4.69) is 22.5 Å². The molecular weight excluding hydrogens is 270 g/mol. The molecule has 0 aliphatic carbocycles. The van der Waals surface area contributed by atoms with Gasteiger partial charge in [-0.1, -0.05) is 23.7 Å². The topological polar surface area (TPSA) is 41.6 Å². The summed E-state index contributed by atoms with van der Waals surface area (Å²) in [7, 11) is 0. The second-order valence-corrected chi connectivity index (χ2v) is 4.88. The average molecular weight is 282 g/mol. The Bertz CT molecular complexity index is 827. The van der Waals surface area contributed by atoms with Gasteiger partial charge in [0.25, 0.3) is 0 Å². The monoisotopic (exact) mass is 281 g/mol. The van der Waals surface area contributed by atoms with Crippen LogP contribution in [0.5, 0.6) is 0 Å².